The third-order valence-electron chi connectivity index (χ3n) is 7.47. The Bertz CT molecular complexity index is 1740. The van der Waals surface area contributed by atoms with Crippen LogP contribution in [0.5, 0.6) is 0 Å². The molecule has 0 aliphatic carbocycles. The van der Waals surface area contributed by atoms with Crippen LogP contribution in [0.15, 0.2) is 48.5 Å². The van der Waals surface area contributed by atoms with Crippen molar-refractivity contribution < 1.29 is 39.9 Å². The molecule has 0 unspecified atom stereocenters. The maximum atomic E-state index is 15.6. The molecule has 44 heavy (non-hydrogen) atoms. The molecule has 6 nitrogen and oxygen atoms in total. The Morgan fingerprint density at radius 1 is 0.955 bits per heavy atom. The van der Waals surface area contributed by atoms with Crippen molar-refractivity contribution in [1.29, 1.82) is 0 Å². The number of aromatic nitrogens is 2. The minimum Gasteiger partial charge on any atom is -0.351 e. The molecular weight excluding hydrogens is 598 g/mol. The zero-order valence-electron chi connectivity index (χ0n) is 23.3. The van der Waals surface area contributed by atoms with Gasteiger partial charge in [-0.15, -0.1) is 0 Å². The van der Waals surface area contributed by atoms with Crippen LogP contribution in [0.3, 0.4) is 0 Å². The number of halogens is 8. The SMILES string of the molecule is Cc1cccc(C)c1-n1nc2c(c1-c1cc(F)c(NC(N)=O)cc1F)CN(Cc1ccc(C(F)(F)F)cc1C(F)(F)F)CC2. The van der Waals surface area contributed by atoms with E-state index in [2.05, 4.69) is 0 Å². The number of carbonyl (C=O) groups excluding carboxylic acids is 1. The van der Waals surface area contributed by atoms with Crippen molar-refractivity contribution in [3.63, 3.8) is 0 Å². The Balaban J connectivity index is 1.62. The Morgan fingerprint density at radius 2 is 1.64 bits per heavy atom. The molecule has 5 rings (SSSR count). The number of amides is 2. The Hall–Kier alpha value is -4.46. The summed E-state index contributed by atoms with van der Waals surface area (Å²) in [7, 11) is 0. The minimum absolute atomic E-state index is 0.0593. The van der Waals surface area contributed by atoms with Crippen LogP contribution in [0.2, 0.25) is 0 Å². The Labute approximate surface area is 246 Å². The van der Waals surface area contributed by atoms with E-state index in [9.17, 15) is 31.1 Å². The van der Waals surface area contributed by atoms with Crippen molar-refractivity contribution in [3.8, 4) is 16.9 Å². The van der Waals surface area contributed by atoms with E-state index in [1.165, 1.54) is 4.68 Å². The average Bonchev–Trinajstić information content (AvgIpc) is 3.27. The van der Waals surface area contributed by atoms with Gasteiger partial charge in [-0.1, -0.05) is 24.3 Å². The molecule has 2 amide bonds. The number of aryl methyl sites for hydroxylation is 2. The van der Waals surface area contributed by atoms with E-state index in [1.807, 2.05) is 11.4 Å². The molecule has 0 atom stereocenters. The van der Waals surface area contributed by atoms with Crippen LogP contribution < -0.4 is 11.1 Å². The van der Waals surface area contributed by atoms with E-state index >= 15 is 8.78 Å². The van der Waals surface area contributed by atoms with Gasteiger partial charge in [-0.05, 0) is 48.7 Å². The number of para-hydroxylation sites is 1. The summed E-state index contributed by atoms with van der Waals surface area (Å²) in [5.41, 5.74) is 4.32. The molecule has 0 spiro atoms. The summed E-state index contributed by atoms with van der Waals surface area (Å²) in [4.78, 5) is 12.8. The van der Waals surface area contributed by atoms with Crippen LogP contribution in [-0.2, 0) is 31.9 Å². The van der Waals surface area contributed by atoms with Gasteiger partial charge in [-0.3, -0.25) is 4.90 Å². The lowest BCUT2D eigenvalue weighted by molar-refractivity contribution is -0.143. The summed E-state index contributed by atoms with van der Waals surface area (Å²) in [5, 5.41) is 6.71. The lowest BCUT2D eigenvalue weighted by Crippen LogP contribution is -2.31. The van der Waals surface area contributed by atoms with Crippen LogP contribution in [0.4, 0.5) is 45.6 Å². The molecule has 14 heteroatoms. The summed E-state index contributed by atoms with van der Waals surface area (Å²) in [6.45, 7) is 3.39. The average molecular weight is 624 g/mol. The van der Waals surface area contributed by atoms with E-state index in [1.54, 1.807) is 30.9 Å². The number of urea groups is 1. The summed E-state index contributed by atoms with van der Waals surface area (Å²) in [6, 6.07) is 7.46. The van der Waals surface area contributed by atoms with E-state index < -0.39 is 46.8 Å². The van der Waals surface area contributed by atoms with E-state index in [-0.39, 0.29) is 48.9 Å². The maximum Gasteiger partial charge on any atom is 0.416 e. The quantitative estimate of drug-likeness (QED) is 0.226. The van der Waals surface area contributed by atoms with Gasteiger partial charge in [0.15, 0.2) is 0 Å². The highest BCUT2D eigenvalue weighted by Crippen LogP contribution is 2.40. The van der Waals surface area contributed by atoms with Gasteiger partial charge in [-0.2, -0.15) is 31.4 Å². The first-order valence-corrected chi connectivity index (χ1v) is 13.3. The zero-order chi connectivity index (χ0) is 32.1. The van der Waals surface area contributed by atoms with Crippen LogP contribution in [0.25, 0.3) is 16.9 Å². The molecule has 1 aromatic heterocycles. The van der Waals surface area contributed by atoms with E-state index in [0.29, 0.717) is 23.0 Å². The third-order valence-corrected chi connectivity index (χ3v) is 7.47. The molecule has 0 saturated carbocycles. The number of nitrogens with one attached hydrogen (secondary N) is 1. The fourth-order valence-corrected chi connectivity index (χ4v) is 5.49. The van der Waals surface area contributed by atoms with Crippen molar-refractivity contribution in [2.75, 3.05) is 11.9 Å². The highest BCUT2D eigenvalue weighted by atomic mass is 19.4. The van der Waals surface area contributed by atoms with Crippen LogP contribution >= 0.6 is 0 Å². The van der Waals surface area contributed by atoms with Crippen LogP contribution in [0.1, 0.15) is 39.1 Å². The van der Waals surface area contributed by atoms with Gasteiger partial charge >= 0.3 is 18.4 Å². The lowest BCUT2D eigenvalue weighted by atomic mass is 9.97. The lowest BCUT2D eigenvalue weighted by Gasteiger charge is -2.28. The molecule has 3 aromatic carbocycles. The maximum absolute atomic E-state index is 15.6. The molecular formula is C30H25F8N5O. The van der Waals surface area contributed by atoms with Crippen molar-refractivity contribution >= 4 is 11.7 Å². The first-order chi connectivity index (χ1) is 20.5. The molecule has 4 aromatic rings. The monoisotopic (exact) mass is 623 g/mol. The molecule has 1 aliphatic heterocycles. The van der Waals surface area contributed by atoms with Crippen LogP contribution in [-0.4, -0.2) is 27.3 Å². The minimum atomic E-state index is -5.04. The largest absolute Gasteiger partial charge is 0.416 e. The topological polar surface area (TPSA) is 76.2 Å². The van der Waals surface area contributed by atoms with Crippen LogP contribution in [0, 0.1) is 25.5 Å². The fourth-order valence-electron chi connectivity index (χ4n) is 5.49. The summed E-state index contributed by atoms with van der Waals surface area (Å²) in [5.74, 6) is -1.92. The van der Waals surface area contributed by atoms with Gasteiger partial charge in [0.1, 0.15) is 11.6 Å². The molecule has 232 valence electrons. The molecule has 0 bridgehead atoms. The second-order valence-corrected chi connectivity index (χ2v) is 10.6. The number of carbonyl (C=O) groups is 1. The van der Waals surface area contributed by atoms with Crippen molar-refractivity contribution in [2.24, 2.45) is 5.73 Å². The van der Waals surface area contributed by atoms with Crippen molar-refractivity contribution in [1.82, 2.24) is 14.7 Å². The zero-order valence-corrected chi connectivity index (χ0v) is 23.3. The Kier molecular flexibility index (Phi) is 7.91. The number of alkyl halides is 6. The van der Waals surface area contributed by atoms with Gasteiger partial charge in [-0.25, -0.2) is 18.3 Å². The molecule has 1 aliphatic rings. The number of nitrogens with two attached hydrogens (primary N) is 1. The third kappa shape index (κ3) is 5.98. The standard InChI is InChI=1S/C30H25F8N5O/c1-15-4-3-5-16(2)26(15)43-27(19-11-23(32)25(12-22(19)31)40-28(39)44)20-14-42(9-8-24(20)41-43)13-17-6-7-18(29(33,34)35)10-21(17)30(36,37)38/h3-7,10-12H,8-9,13-14H2,1-2H3,(H3,39,40,44). The van der Waals surface area contributed by atoms with Gasteiger partial charge in [0.05, 0.1) is 33.9 Å². The highest BCUT2D eigenvalue weighted by molar-refractivity contribution is 5.88. The van der Waals surface area contributed by atoms with Crippen molar-refractivity contribution in [3.05, 3.63) is 99.2 Å². The van der Waals surface area contributed by atoms with Gasteiger partial charge in [0.2, 0.25) is 0 Å². The van der Waals surface area contributed by atoms with E-state index in [0.717, 1.165) is 29.3 Å². The van der Waals surface area contributed by atoms with Gasteiger partial charge in [0.25, 0.3) is 0 Å². The second kappa shape index (κ2) is 11.2. The predicted octanol–water partition coefficient (Wildman–Crippen LogP) is 7.52. The number of nitrogens with zero attached hydrogens (tertiary/aromatic N) is 3. The summed E-state index contributed by atoms with van der Waals surface area (Å²) >= 11 is 0. The van der Waals surface area contributed by atoms with E-state index in [4.69, 9.17) is 10.8 Å². The first-order valence-electron chi connectivity index (χ1n) is 13.3. The molecule has 0 fully saturated rings. The number of primary amides is 1. The highest BCUT2D eigenvalue weighted by Gasteiger charge is 2.39. The van der Waals surface area contributed by atoms with Crippen molar-refractivity contribution in [2.45, 2.75) is 45.7 Å². The predicted molar refractivity (Wildman–Crippen MR) is 146 cm³/mol. The number of hydrogen-bond acceptors (Lipinski definition) is 3. The fraction of sp³-hybridized carbons (Fsp3) is 0.267. The second-order valence-electron chi connectivity index (χ2n) is 10.6. The first kappa shape index (κ1) is 31.0. The number of benzene rings is 3. The molecule has 2 heterocycles. The van der Waals surface area contributed by atoms with Gasteiger partial charge < -0.3 is 11.1 Å². The smallest absolute Gasteiger partial charge is 0.351 e. The molecule has 3 N–H and O–H groups in total. The number of hydrogen-bond donors (Lipinski definition) is 2. The summed E-state index contributed by atoms with van der Waals surface area (Å²) < 4.78 is 113. The number of anilines is 1. The Morgan fingerprint density at radius 3 is 2.25 bits per heavy atom. The number of fused-ring (bicyclic) bond motifs is 1. The summed E-state index contributed by atoms with van der Waals surface area (Å²) in [6.07, 6.45) is -9.79. The molecule has 0 radical (unpaired) electrons. The molecule has 0 saturated heterocycles. The van der Waals surface area contributed by atoms with Gasteiger partial charge in [0, 0.05) is 43.2 Å². The number of rotatable bonds is 5. The normalized spacial score (nSPS) is 14.0.